The van der Waals surface area contributed by atoms with Crippen LogP contribution in [0.2, 0.25) is 0 Å². The molecule has 0 aliphatic heterocycles. The first kappa shape index (κ1) is 18.1. The molecule has 0 saturated carbocycles. The van der Waals surface area contributed by atoms with Crippen LogP contribution in [0, 0.1) is 12.8 Å². The van der Waals surface area contributed by atoms with Gasteiger partial charge in [0.2, 0.25) is 17.6 Å². The van der Waals surface area contributed by atoms with Crippen molar-refractivity contribution >= 4 is 24.0 Å². The first-order chi connectivity index (χ1) is 9.95. The summed E-state index contributed by atoms with van der Waals surface area (Å²) in [6, 6.07) is 6.76. The lowest BCUT2D eigenvalue weighted by Gasteiger charge is -2.14. The first-order valence-corrected chi connectivity index (χ1v) is 6.93. The fourth-order valence-corrected chi connectivity index (χ4v) is 2.00. The summed E-state index contributed by atoms with van der Waals surface area (Å²) >= 11 is 0. The molecule has 0 saturated heterocycles. The van der Waals surface area contributed by atoms with Gasteiger partial charge < -0.3 is 15.6 Å². The highest BCUT2D eigenvalue weighted by atomic mass is 35.5. The molecule has 2 rings (SSSR count). The van der Waals surface area contributed by atoms with Crippen LogP contribution in [0.3, 0.4) is 0 Å². The molecule has 1 amide bonds. The number of rotatable bonds is 5. The Bertz CT molecular complexity index is 628. The van der Waals surface area contributed by atoms with E-state index in [1.165, 1.54) is 0 Å². The lowest BCUT2D eigenvalue weighted by molar-refractivity contribution is -0.117. The van der Waals surface area contributed by atoms with Crippen LogP contribution in [0.15, 0.2) is 28.8 Å². The Labute approximate surface area is 135 Å². The topological polar surface area (TPSA) is 94.0 Å². The third-order valence-corrected chi connectivity index (χ3v) is 2.98. The molecule has 0 fully saturated rings. The summed E-state index contributed by atoms with van der Waals surface area (Å²) in [5.74, 6) is 1.18. The van der Waals surface area contributed by atoms with E-state index in [1.54, 1.807) is 19.1 Å². The monoisotopic (exact) mass is 324 g/mol. The molecule has 0 aliphatic rings. The van der Waals surface area contributed by atoms with Crippen molar-refractivity contribution in [3.8, 4) is 11.4 Å². The molecule has 6 nitrogen and oxygen atoms in total. The minimum absolute atomic E-state index is 0. The Hall–Kier alpha value is -1.92. The van der Waals surface area contributed by atoms with Crippen molar-refractivity contribution in [2.45, 2.75) is 33.2 Å². The van der Waals surface area contributed by atoms with Gasteiger partial charge in [0.1, 0.15) is 0 Å². The van der Waals surface area contributed by atoms with Gasteiger partial charge in [-0.15, -0.1) is 12.4 Å². The average Bonchev–Trinajstić information content (AvgIpc) is 2.85. The molecule has 0 unspecified atom stereocenters. The van der Waals surface area contributed by atoms with Gasteiger partial charge >= 0.3 is 0 Å². The maximum atomic E-state index is 12.0. The van der Waals surface area contributed by atoms with Crippen molar-refractivity contribution in [1.82, 2.24) is 10.1 Å². The van der Waals surface area contributed by atoms with Crippen LogP contribution >= 0.6 is 12.4 Å². The maximum absolute atomic E-state index is 12.0. The fourth-order valence-electron chi connectivity index (χ4n) is 2.00. The number of carbonyl (C=O) groups excluding carboxylic acids is 1. The van der Waals surface area contributed by atoms with Crippen molar-refractivity contribution in [3.63, 3.8) is 0 Å². The summed E-state index contributed by atoms with van der Waals surface area (Å²) in [7, 11) is 0. The number of hydrogen-bond acceptors (Lipinski definition) is 5. The van der Waals surface area contributed by atoms with Gasteiger partial charge in [-0.2, -0.15) is 4.98 Å². The van der Waals surface area contributed by atoms with Crippen LogP contribution in [-0.2, 0) is 4.79 Å². The molecule has 7 heteroatoms. The molecule has 2 aromatic rings. The van der Waals surface area contributed by atoms with Crippen molar-refractivity contribution in [3.05, 3.63) is 30.2 Å². The Kier molecular flexibility index (Phi) is 6.52. The van der Waals surface area contributed by atoms with E-state index < -0.39 is 6.04 Å². The molecule has 1 heterocycles. The van der Waals surface area contributed by atoms with E-state index in [4.69, 9.17) is 10.3 Å². The lowest BCUT2D eigenvalue weighted by Crippen LogP contribution is -2.36. The van der Waals surface area contributed by atoms with Crippen molar-refractivity contribution in [2.24, 2.45) is 11.7 Å². The molecular weight excluding hydrogens is 304 g/mol. The van der Waals surface area contributed by atoms with E-state index >= 15 is 0 Å². The highest BCUT2D eigenvalue weighted by Gasteiger charge is 2.15. The number of nitrogens with zero attached hydrogens (tertiary/aromatic N) is 2. The number of halogens is 1. The summed E-state index contributed by atoms with van der Waals surface area (Å²) in [4.78, 5) is 16.2. The maximum Gasteiger partial charge on any atom is 0.241 e. The smallest absolute Gasteiger partial charge is 0.241 e. The standard InChI is InChI=1S/C15H20N4O2.ClH/c1-9(2)7-13(16)15(20)18-12-6-4-5-11(8-12)14-17-10(3)21-19-14;/h4-6,8-9,13H,7,16H2,1-3H3,(H,18,20);1H/t13-;/m0./s1. The van der Waals surface area contributed by atoms with Crippen LogP contribution in [0.1, 0.15) is 26.2 Å². The number of anilines is 1. The van der Waals surface area contributed by atoms with Gasteiger partial charge in [-0.1, -0.05) is 31.1 Å². The number of aryl methyl sites for hydroxylation is 1. The van der Waals surface area contributed by atoms with Crippen LogP contribution in [0.25, 0.3) is 11.4 Å². The third-order valence-electron chi connectivity index (χ3n) is 2.98. The highest BCUT2D eigenvalue weighted by Crippen LogP contribution is 2.20. The van der Waals surface area contributed by atoms with E-state index in [9.17, 15) is 4.79 Å². The van der Waals surface area contributed by atoms with Gasteiger partial charge in [-0.05, 0) is 24.5 Å². The van der Waals surface area contributed by atoms with Gasteiger partial charge in [0.15, 0.2) is 0 Å². The van der Waals surface area contributed by atoms with E-state index in [2.05, 4.69) is 15.5 Å². The molecule has 22 heavy (non-hydrogen) atoms. The van der Waals surface area contributed by atoms with Crippen LogP contribution in [-0.4, -0.2) is 22.1 Å². The molecule has 1 aromatic heterocycles. The summed E-state index contributed by atoms with van der Waals surface area (Å²) in [6.45, 7) is 5.80. The molecule has 120 valence electrons. The largest absolute Gasteiger partial charge is 0.339 e. The van der Waals surface area contributed by atoms with E-state index in [-0.39, 0.29) is 18.3 Å². The van der Waals surface area contributed by atoms with Crippen molar-refractivity contribution in [2.75, 3.05) is 5.32 Å². The SMILES string of the molecule is Cc1nc(-c2cccc(NC(=O)[C@@H](N)CC(C)C)c2)no1.Cl. The summed E-state index contributed by atoms with van der Waals surface area (Å²) in [5, 5.41) is 6.67. The number of amides is 1. The number of aromatic nitrogens is 2. The molecule has 0 bridgehead atoms. The number of nitrogens with one attached hydrogen (secondary N) is 1. The highest BCUT2D eigenvalue weighted by molar-refractivity contribution is 5.95. The van der Waals surface area contributed by atoms with E-state index in [0.29, 0.717) is 29.7 Å². The van der Waals surface area contributed by atoms with Gasteiger partial charge in [0, 0.05) is 18.2 Å². The molecule has 0 aliphatic carbocycles. The Morgan fingerprint density at radius 2 is 2.14 bits per heavy atom. The van der Waals surface area contributed by atoms with Crippen LogP contribution in [0.5, 0.6) is 0 Å². The molecule has 0 spiro atoms. The van der Waals surface area contributed by atoms with Gasteiger partial charge in [-0.3, -0.25) is 4.79 Å². The number of hydrogen-bond donors (Lipinski definition) is 2. The number of benzene rings is 1. The summed E-state index contributed by atoms with van der Waals surface area (Å²) in [5.41, 5.74) is 7.31. The molecular formula is C15H21ClN4O2. The van der Waals surface area contributed by atoms with Gasteiger partial charge in [0.25, 0.3) is 0 Å². The fraction of sp³-hybridized carbons (Fsp3) is 0.400. The zero-order valence-corrected chi connectivity index (χ0v) is 13.7. The van der Waals surface area contributed by atoms with E-state index in [1.807, 2.05) is 26.0 Å². The molecule has 0 radical (unpaired) electrons. The predicted octanol–water partition coefficient (Wildman–Crippen LogP) is 2.78. The minimum atomic E-state index is -0.513. The number of carbonyl (C=O) groups is 1. The minimum Gasteiger partial charge on any atom is -0.339 e. The van der Waals surface area contributed by atoms with Crippen LogP contribution < -0.4 is 11.1 Å². The van der Waals surface area contributed by atoms with E-state index in [0.717, 1.165) is 5.56 Å². The summed E-state index contributed by atoms with van der Waals surface area (Å²) < 4.78 is 4.95. The second kappa shape index (κ2) is 7.91. The molecule has 1 aromatic carbocycles. The molecule has 1 atom stereocenters. The molecule has 3 N–H and O–H groups in total. The second-order valence-corrected chi connectivity index (χ2v) is 5.44. The zero-order valence-electron chi connectivity index (χ0n) is 12.9. The van der Waals surface area contributed by atoms with Crippen LogP contribution in [0.4, 0.5) is 5.69 Å². The average molecular weight is 325 g/mol. The Balaban J connectivity index is 0.00000242. The van der Waals surface area contributed by atoms with Gasteiger partial charge in [-0.25, -0.2) is 0 Å². The number of nitrogens with two attached hydrogens (primary N) is 1. The first-order valence-electron chi connectivity index (χ1n) is 6.93. The predicted molar refractivity (Wildman–Crippen MR) is 87.8 cm³/mol. The Morgan fingerprint density at radius 1 is 1.41 bits per heavy atom. The Morgan fingerprint density at radius 3 is 2.73 bits per heavy atom. The summed E-state index contributed by atoms with van der Waals surface area (Å²) in [6.07, 6.45) is 0.648. The van der Waals surface area contributed by atoms with Crippen molar-refractivity contribution < 1.29 is 9.32 Å². The second-order valence-electron chi connectivity index (χ2n) is 5.44. The lowest BCUT2D eigenvalue weighted by atomic mass is 10.0. The van der Waals surface area contributed by atoms with Crippen molar-refractivity contribution in [1.29, 1.82) is 0 Å². The third kappa shape index (κ3) is 4.82. The quantitative estimate of drug-likeness (QED) is 0.882. The van der Waals surface area contributed by atoms with Gasteiger partial charge in [0.05, 0.1) is 6.04 Å². The zero-order chi connectivity index (χ0) is 15.4. The normalized spacial score (nSPS) is 11.9.